The number of rotatable bonds is 12. The topological polar surface area (TPSA) is 86.8 Å². The highest BCUT2D eigenvalue weighted by Gasteiger charge is 2.34. The van der Waals surface area contributed by atoms with Crippen LogP contribution in [0.4, 0.5) is 5.69 Å². The maximum atomic E-state index is 14.3. The second kappa shape index (κ2) is 14.4. The molecule has 10 heteroatoms. The van der Waals surface area contributed by atoms with E-state index in [4.69, 9.17) is 23.2 Å². The molecule has 0 aromatic heterocycles. The Hall–Kier alpha value is -3.85. The highest BCUT2D eigenvalue weighted by atomic mass is 35.5. The third-order valence-electron chi connectivity index (χ3n) is 6.63. The molecule has 0 spiro atoms. The molecule has 0 bridgehead atoms. The van der Waals surface area contributed by atoms with Gasteiger partial charge in [-0.3, -0.25) is 13.9 Å². The summed E-state index contributed by atoms with van der Waals surface area (Å²) < 4.78 is 28.8. The second-order valence-electron chi connectivity index (χ2n) is 9.52. The molecule has 0 aliphatic carbocycles. The summed E-state index contributed by atoms with van der Waals surface area (Å²) in [5.41, 5.74) is 1.72. The minimum absolute atomic E-state index is 0.0403. The maximum Gasteiger partial charge on any atom is 0.264 e. The summed E-state index contributed by atoms with van der Waals surface area (Å²) in [5, 5.41) is 3.58. The highest BCUT2D eigenvalue weighted by Crippen LogP contribution is 2.27. The van der Waals surface area contributed by atoms with Crippen LogP contribution in [0.5, 0.6) is 0 Å². The average molecular weight is 625 g/mol. The molecule has 1 N–H and O–H groups in total. The molecule has 0 unspecified atom stereocenters. The van der Waals surface area contributed by atoms with Crippen molar-refractivity contribution in [3.63, 3.8) is 0 Å². The Morgan fingerprint density at radius 2 is 1.43 bits per heavy atom. The Morgan fingerprint density at radius 3 is 2.02 bits per heavy atom. The van der Waals surface area contributed by atoms with Gasteiger partial charge in [0, 0.05) is 29.6 Å². The molecule has 1 atom stereocenters. The number of sulfonamides is 1. The molecule has 0 fully saturated rings. The minimum Gasteiger partial charge on any atom is -0.355 e. The van der Waals surface area contributed by atoms with Crippen LogP contribution in [0.2, 0.25) is 10.0 Å². The third kappa shape index (κ3) is 7.70. The van der Waals surface area contributed by atoms with Gasteiger partial charge in [0.25, 0.3) is 10.0 Å². The number of carbonyl (C=O) groups excluding carboxylic acids is 2. The number of nitrogens with one attached hydrogen (secondary N) is 1. The molecule has 4 aromatic rings. The first-order valence-electron chi connectivity index (χ1n) is 13.4. The molecule has 218 valence electrons. The molecule has 4 rings (SSSR count). The monoisotopic (exact) mass is 623 g/mol. The number of nitrogens with zero attached hydrogens (tertiary/aromatic N) is 2. The lowest BCUT2D eigenvalue weighted by Crippen LogP contribution is -2.53. The summed E-state index contributed by atoms with van der Waals surface area (Å²) in [6.07, 6.45) is 0.209. The fourth-order valence-corrected chi connectivity index (χ4v) is 6.43. The van der Waals surface area contributed by atoms with Gasteiger partial charge in [-0.15, -0.1) is 0 Å². The lowest BCUT2D eigenvalue weighted by molar-refractivity contribution is -0.140. The number of halogens is 2. The zero-order valence-electron chi connectivity index (χ0n) is 23.0. The number of para-hydroxylation sites is 1. The predicted octanol–water partition coefficient (Wildman–Crippen LogP) is 5.96. The van der Waals surface area contributed by atoms with Crippen LogP contribution in [-0.2, 0) is 32.6 Å². The third-order valence-corrected chi connectivity index (χ3v) is 9.01. The van der Waals surface area contributed by atoms with E-state index in [2.05, 4.69) is 5.32 Å². The first-order valence-corrected chi connectivity index (χ1v) is 15.6. The minimum atomic E-state index is -4.14. The normalized spacial score (nSPS) is 11.9. The van der Waals surface area contributed by atoms with Gasteiger partial charge in [0.1, 0.15) is 12.6 Å². The summed E-state index contributed by atoms with van der Waals surface area (Å²) in [6.45, 7) is 1.56. The predicted molar refractivity (Wildman–Crippen MR) is 167 cm³/mol. The number of benzene rings is 4. The maximum absolute atomic E-state index is 14.3. The van der Waals surface area contributed by atoms with Crippen LogP contribution >= 0.6 is 23.2 Å². The Balaban J connectivity index is 1.79. The zero-order chi connectivity index (χ0) is 30.1. The van der Waals surface area contributed by atoms with Gasteiger partial charge in [0.05, 0.1) is 10.6 Å². The van der Waals surface area contributed by atoms with E-state index in [1.54, 1.807) is 73.7 Å². The van der Waals surface area contributed by atoms with E-state index in [1.807, 2.05) is 30.3 Å². The standard InChI is InChI=1S/C32H31Cl2N3O4S/c1-2-35-32(39)30(20-24-12-6-3-7-13-24)36(22-25-18-19-26(33)21-29(25)34)31(38)23-37(27-14-8-4-9-15-27)42(40,41)28-16-10-5-11-17-28/h3-19,21,30H,2,20,22-23H2,1H3,(H,35,39)/t30-/m1/s1. The molecule has 0 aliphatic heterocycles. The first-order chi connectivity index (χ1) is 20.2. The summed E-state index contributed by atoms with van der Waals surface area (Å²) in [6, 6.07) is 29.6. The first kappa shape index (κ1) is 31.1. The SMILES string of the molecule is CCNC(=O)[C@@H](Cc1ccccc1)N(Cc1ccc(Cl)cc1Cl)C(=O)CN(c1ccccc1)S(=O)(=O)c1ccccc1. The zero-order valence-corrected chi connectivity index (χ0v) is 25.3. The largest absolute Gasteiger partial charge is 0.355 e. The summed E-state index contributed by atoms with van der Waals surface area (Å²) in [5.74, 6) is -0.937. The van der Waals surface area contributed by atoms with E-state index in [1.165, 1.54) is 17.0 Å². The number of carbonyl (C=O) groups is 2. The van der Waals surface area contributed by atoms with Crippen molar-refractivity contribution < 1.29 is 18.0 Å². The van der Waals surface area contributed by atoms with E-state index >= 15 is 0 Å². The number of hydrogen-bond donors (Lipinski definition) is 1. The molecule has 0 heterocycles. The second-order valence-corrected chi connectivity index (χ2v) is 12.2. The van der Waals surface area contributed by atoms with Gasteiger partial charge >= 0.3 is 0 Å². The van der Waals surface area contributed by atoms with Gasteiger partial charge < -0.3 is 10.2 Å². The van der Waals surface area contributed by atoms with Crippen LogP contribution in [0.3, 0.4) is 0 Å². The van der Waals surface area contributed by atoms with Crippen molar-refractivity contribution in [2.24, 2.45) is 0 Å². The molecule has 42 heavy (non-hydrogen) atoms. The number of hydrogen-bond acceptors (Lipinski definition) is 4. The van der Waals surface area contributed by atoms with Crippen molar-refractivity contribution >= 4 is 50.7 Å². The van der Waals surface area contributed by atoms with Gasteiger partial charge in [-0.05, 0) is 54.4 Å². The quantitative estimate of drug-likeness (QED) is 0.211. The molecule has 4 aromatic carbocycles. The lowest BCUT2D eigenvalue weighted by atomic mass is 10.0. The van der Waals surface area contributed by atoms with E-state index in [0.717, 1.165) is 9.87 Å². The van der Waals surface area contributed by atoms with E-state index in [9.17, 15) is 18.0 Å². The Kier molecular flexibility index (Phi) is 10.6. The van der Waals surface area contributed by atoms with Gasteiger partial charge in [0.2, 0.25) is 11.8 Å². The molecule has 7 nitrogen and oxygen atoms in total. The van der Waals surface area contributed by atoms with Crippen LogP contribution in [0.1, 0.15) is 18.1 Å². The van der Waals surface area contributed by atoms with Crippen molar-refractivity contribution in [3.8, 4) is 0 Å². The van der Waals surface area contributed by atoms with Crippen LogP contribution in [-0.4, -0.2) is 44.3 Å². The van der Waals surface area contributed by atoms with Crippen LogP contribution < -0.4 is 9.62 Å². The van der Waals surface area contributed by atoms with Gasteiger partial charge in [-0.1, -0.05) is 96.0 Å². The van der Waals surface area contributed by atoms with E-state index in [0.29, 0.717) is 27.8 Å². The molecule has 0 saturated carbocycles. The average Bonchev–Trinajstić information content (AvgIpc) is 3.00. The van der Waals surface area contributed by atoms with Crippen molar-refractivity contribution in [1.29, 1.82) is 0 Å². The smallest absolute Gasteiger partial charge is 0.264 e. The van der Waals surface area contributed by atoms with Crippen molar-refractivity contribution in [1.82, 2.24) is 10.2 Å². The highest BCUT2D eigenvalue weighted by molar-refractivity contribution is 7.92. The summed E-state index contributed by atoms with van der Waals surface area (Å²) in [4.78, 5) is 29.2. The molecule has 2 amide bonds. The Labute approximate surface area is 256 Å². The van der Waals surface area contributed by atoms with Crippen molar-refractivity contribution in [2.45, 2.75) is 30.8 Å². The lowest BCUT2D eigenvalue weighted by Gasteiger charge is -2.34. The van der Waals surface area contributed by atoms with Gasteiger partial charge in [-0.2, -0.15) is 0 Å². The van der Waals surface area contributed by atoms with Crippen molar-refractivity contribution in [2.75, 3.05) is 17.4 Å². The fraction of sp³-hybridized carbons (Fsp3) is 0.188. The fourth-order valence-electron chi connectivity index (χ4n) is 4.52. The molecule has 0 saturated heterocycles. The Bertz CT molecular complexity index is 1610. The number of likely N-dealkylation sites (N-methyl/N-ethyl adjacent to an activating group) is 1. The summed E-state index contributed by atoms with van der Waals surface area (Å²) >= 11 is 12.6. The van der Waals surface area contributed by atoms with Gasteiger partial charge in [0.15, 0.2) is 0 Å². The number of anilines is 1. The molecular weight excluding hydrogens is 593 g/mol. The van der Waals surface area contributed by atoms with Gasteiger partial charge in [-0.25, -0.2) is 8.42 Å². The molecule has 0 aliphatic rings. The van der Waals surface area contributed by atoms with E-state index < -0.39 is 28.5 Å². The molecular formula is C32H31Cl2N3O4S. The van der Waals surface area contributed by atoms with Crippen molar-refractivity contribution in [3.05, 3.63) is 130 Å². The Morgan fingerprint density at radius 1 is 0.833 bits per heavy atom. The van der Waals surface area contributed by atoms with Crippen LogP contribution in [0.15, 0.2) is 114 Å². The number of amides is 2. The van der Waals surface area contributed by atoms with E-state index in [-0.39, 0.29) is 23.8 Å². The van der Waals surface area contributed by atoms with Crippen LogP contribution in [0, 0.1) is 0 Å². The van der Waals surface area contributed by atoms with Crippen LogP contribution in [0.25, 0.3) is 0 Å². The summed E-state index contributed by atoms with van der Waals surface area (Å²) in [7, 11) is -4.14. The molecule has 0 radical (unpaired) electrons.